The highest BCUT2D eigenvalue weighted by Gasteiger charge is 2.13. The molecule has 2 rings (SSSR count). The summed E-state index contributed by atoms with van der Waals surface area (Å²) in [5, 5.41) is 2.84. The van der Waals surface area contributed by atoms with Crippen molar-refractivity contribution < 1.29 is 9.53 Å². The summed E-state index contributed by atoms with van der Waals surface area (Å²) in [6.45, 7) is 3.86. The number of nitrogens with two attached hydrogens (primary N) is 1. The van der Waals surface area contributed by atoms with Crippen molar-refractivity contribution >= 4 is 28.6 Å². The highest BCUT2D eigenvalue weighted by Crippen LogP contribution is 2.28. The lowest BCUT2D eigenvalue weighted by molar-refractivity contribution is 0.103. The Balaban J connectivity index is 2.23. The van der Waals surface area contributed by atoms with E-state index in [1.807, 2.05) is 32.0 Å². The number of carbonyl (C=O) groups is 1. The number of methoxy groups -OCH3 is 1. The Labute approximate surface area is 116 Å². The number of thiophene rings is 1. The zero-order valence-electron chi connectivity index (χ0n) is 11.1. The predicted molar refractivity (Wildman–Crippen MR) is 79.2 cm³/mol. The Bertz CT molecular complexity index is 600. The average molecular weight is 276 g/mol. The van der Waals surface area contributed by atoms with E-state index in [0.717, 1.165) is 10.4 Å². The third-order valence-electron chi connectivity index (χ3n) is 2.79. The van der Waals surface area contributed by atoms with Gasteiger partial charge in [-0.3, -0.25) is 4.79 Å². The molecule has 100 valence electrons. The summed E-state index contributed by atoms with van der Waals surface area (Å²) in [5.41, 5.74) is 8.13. The van der Waals surface area contributed by atoms with Crippen molar-refractivity contribution in [1.82, 2.24) is 0 Å². The van der Waals surface area contributed by atoms with Gasteiger partial charge in [0, 0.05) is 10.6 Å². The van der Waals surface area contributed by atoms with Gasteiger partial charge < -0.3 is 15.8 Å². The minimum Gasteiger partial charge on any atom is -0.495 e. The molecule has 0 fully saturated rings. The second-order valence-electron chi connectivity index (χ2n) is 4.28. The Kier molecular flexibility index (Phi) is 3.76. The van der Waals surface area contributed by atoms with E-state index in [9.17, 15) is 4.79 Å². The van der Waals surface area contributed by atoms with Crippen LogP contribution in [0, 0.1) is 13.8 Å². The topological polar surface area (TPSA) is 64.3 Å². The summed E-state index contributed by atoms with van der Waals surface area (Å²) >= 11 is 1.38. The fourth-order valence-electron chi connectivity index (χ4n) is 1.69. The monoisotopic (exact) mass is 276 g/mol. The normalized spacial score (nSPS) is 10.3. The molecule has 0 aliphatic heterocycles. The first-order valence-electron chi connectivity index (χ1n) is 5.83. The zero-order chi connectivity index (χ0) is 14.0. The number of anilines is 2. The van der Waals surface area contributed by atoms with Gasteiger partial charge in [0.05, 0.1) is 17.7 Å². The van der Waals surface area contributed by atoms with Gasteiger partial charge in [-0.05, 0) is 37.6 Å². The average Bonchev–Trinajstić information content (AvgIpc) is 2.72. The maximum atomic E-state index is 12.1. The maximum Gasteiger partial charge on any atom is 0.265 e. The molecule has 3 N–H and O–H groups in total. The highest BCUT2D eigenvalue weighted by atomic mass is 32.1. The third-order valence-corrected chi connectivity index (χ3v) is 3.85. The molecule has 1 amide bonds. The fourth-order valence-corrected chi connectivity index (χ4v) is 2.53. The number of nitrogens with one attached hydrogen (secondary N) is 1. The number of hydrogen-bond donors (Lipinski definition) is 2. The quantitative estimate of drug-likeness (QED) is 0.904. The van der Waals surface area contributed by atoms with Crippen LogP contribution in [-0.4, -0.2) is 13.0 Å². The van der Waals surface area contributed by atoms with E-state index in [2.05, 4.69) is 5.32 Å². The summed E-state index contributed by atoms with van der Waals surface area (Å²) in [5.74, 6) is 0.474. The van der Waals surface area contributed by atoms with Gasteiger partial charge >= 0.3 is 0 Å². The molecule has 4 nitrogen and oxygen atoms in total. The molecule has 0 bridgehead atoms. The van der Waals surface area contributed by atoms with Gasteiger partial charge in [0.25, 0.3) is 5.91 Å². The van der Waals surface area contributed by atoms with Crippen molar-refractivity contribution in [2.75, 3.05) is 18.2 Å². The molecule has 19 heavy (non-hydrogen) atoms. The van der Waals surface area contributed by atoms with Crippen LogP contribution in [0.3, 0.4) is 0 Å². The van der Waals surface area contributed by atoms with Crippen molar-refractivity contribution in [3.05, 3.63) is 39.6 Å². The van der Waals surface area contributed by atoms with Gasteiger partial charge in [-0.15, -0.1) is 11.3 Å². The molecule has 0 saturated heterocycles. The first kappa shape index (κ1) is 13.4. The highest BCUT2D eigenvalue weighted by molar-refractivity contribution is 7.14. The number of carbonyl (C=O) groups excluding carboxylic acids is 1. The van der Waals surface area contributed by atoms with Crippen molar-refractivity contribution in [2.24, 2.45) is 0 Å². The number of aryl methyl sites for hydroxylation is 2. The van der Waals surface area contributed by atoms with E-state index in [1.54, 1.807) is 13.2 Å². The molecule has 0 saturated carbocycles. The van der Waals surface area contributed by atoms with E-state index in [4.69, 9.17) is 10.5 Å². The van der Waals surface area contributed by atoms with Crippen LogP contribution in [0.2, 0.25) is 0 Å². The van der Waals surface area contributed by atoms with Crippen LogP contribution < -0.4 is 15.8 Å². The standard InChI is InChI=1S/C14H16N2O2S/c1-8-4-5-11(12(6-8)18-3)16-14(17)13-7-10(15)9(2)19-13/h4-7H,15H2,1-3H3,(H,16,17). The van der Waals surface area contributed by atoms with Crippen molar-refractivity contribution in [3.63, 3.8) is 0 Å². The van der Waals surface area contributed by atoms with Gasteiger partial charge in [0.1, 0.15) is 5.75 Å². The molecule has 2 aromatic rings. The summed E-state index contributed by atoms with van der Waals surface area (Å²) in [6, 6.07) is 7.32. The Hall–Kier alpha value is -2.01. The molecular weight excluding hydrogens is 260 g/mol. The van der Waals surface area contributed by atoms with Crippen molar-refractivity contribution in [3.8, 4) is 5.75 Å². The fraction of sp³-hybridized carbons (Fsp3) is 0.214. The molecule has 0 aliphatic carbocycles. The minimum absolute atomic E-state index is 0.174. The SMILES string of the molecule is COc1cc(C)ccc1NC(=O)c1cc(N)c(C)s1. The zero-order valence-corrected chi connectivity index (χ0v) is 11.9. The molecule has 0 unspecified atom stereocenters. The largest absolute Gasteiger partial charge is 0.495 e. The van der Waals surface area contributed by atoms with E-state index >= 15 is 0 Å². The minimum atomic E-state index is -0.174. The first-order valence-corrected chi connectivity index (χ1v) is 6.65. The number of hydrogen-bond acceptors (Lipinski definition) is 4. The van der Waals surface area contributed by atoms with Gasteiger partial charge in [0.15, 0.2) is 0 Å². The van der Waals surface area contributed by atoms with E-state index < -0.39 is 0 Å². The summed E-state index contributed by atoms with van der Waals surface area (Å²) in [4.78, 5) is 13.7. The number of benzene rings is 1. The molecule has 0 atom stereocenters. The predicted octanol–water partition coefficient (Wildman–Crippen LogP) is 3.21. The van der Waals surface area contributed by atoms with Crippen molar-refractivity contribution in [1.29, 1.82) is 0 Å². The van der Waals surface area contributed by atoms with E-state index in [1.165, 1.54) is 11.3 Å². The van der Waals surface area contributed by atoms with Crippen LogP contribution in [0.5, 0.6) is 5.75 Å². The smallest absolute Gasteiger partial charge is 0.265 e. The summed E-state index contributed by atoms with van der Waals surface area (Å²) in [7, 11) is 1.58. The molecule has 0 spiro atoms. The van der Waals surface area contributed by atoms with Gasteiger partial charge in [-0.25, -0.2) is 0 Å². The van der Waals surface area contributed by atoms with Crippen LogP contribution >= 0.6 is 11.3 Å². The number of rotatable bonds is 3. The summed E-state index contributed by atoms with van der Waals surface area (Å²) < 4.78 is 5.26. The lowest BCUT2D eigenvalue weighted by Gasteiger charge is -2.10. The lowest BCUT2D eigenvalue weighted by atomic mass is 10.2. The number of nitrogen functional groups attached to an aromatic ring is 1. The van der Waals surface area contributed by atoms with E-state index in [-0.39, 0.29) is 5.91 Å². The number of ether oxygens (including phenoxy) is 1. The molecule has 1 aromatic heterocycles. The molecule has 1 heterocycles. The van der Waals surface area contributed by atoms with Crippen LogP contribution in [0.1, 0.15) is 20.1 Å². The maximum absolute atomic E-state index is 12.1. The second-order valence-corrected chi connectivity index (χ2v) is 5.54. The van der Waals surface area contributed by atoms with Gasteiger partial charge in [-0.1, -0.05) is 6.07 Å². The van der Waals surface area contributed by atoms with Crippen LogP contribution in [-0.2, 0) is 0 Å². The molecule has 5 heteroatoms. The van der Waals surface area contributed by atoms with Gasteiger partial charge in [-0.2, -0.15) is 0 Å². The molecule has 0 aliphatic rings. The van der Waals surface area contributed by atoms with Crippen molar-refractivity contribution in [2.45, 2.75) is 13.8 Å². The van der Waals surface area contributed by atoms with Crippen LogP contribution in [0.4, 0.5) is 11.4 Å². The van der Waals surface area contributed by atoms with Crippen LogP contribution in [0.15, 0.2) is 24.3 Å². The Morgan fingerprint density at radius 2 is 2.05 bits per heavy atom. The molecule has 1 aromatic carbocycles. The second kappa shape index (κ2) is 5.32. The lowest BCUT2D eigenvalue weighted by Crippen LogP contribution is -2.11. The summed E-state index contributed by atoms with van der Waals surface area (Å²) in [6.07, 6.45) is 0. The molecular formula is C14H16N2O2S. The van der Waals surface area contributed by atoms with Crippen LogP contribution in [0.25, 0.3) is 0 Å². The number of amides is 1. The Morgan fingerprint density at radius 1 is 1.32 bits per heavy atom. The van der Waals surface area contributed by atoms with Gasteiger partial charge in [0.2, 0.25) is 0 Å². The van der Waals surface area contributed by atoms with E-state index in [0.29, 0.717) is 22.0 Å². The Morgan fingerprint density at radius 3 is 2.63 bits per heavy atom. The third kappa shape index (κ3) is 2.88. The first-order chi connectivity index (χ1) is 9.01. The molecule has 0 radical (unpaired) electrons.